The van der Waals surface area contributed by atoms with Gasteiger partial charge in [-0.05, 0) is 57.0 Å². The zero-order valence-corrected chi connectivity index (χ0v) is 13.4. The zero-order chi connectivity index (χ0) is 15.0. The van der Waals surface area contributed by atoms with Crippen LogP contribution in [-0.2, 0) is 9.84 Å². The second kappa shape index (κ2) is 8.27. The molecule has 0 aromatic heterocycles. The van der Waals surface area contributed by atoms with Crippen LogP contribution in [-0.4, -0.2) is 33.9 Å². The Labute approximate surface area is 122 Å². The SMILES string of the molecule is CCCNC(C)CCCS(=O)(=O)c1ccc(OC)cc1. The predicted octanol–water partition coefficient (Wildman–Crippen LogP) is 2.64. The number of nitrogens with one attached hydrogen (secondary N) is 1. The van der Waals surface area contributed by atoms with Crippen LogP contribution in [0.5, 0.6) is 5.75 Å². The third-order valence-corrected chi connectivity index (χ3v) is 5.03. The third-order valence-electron chi connectivity index (χ3n) is 3.21. The fraction of sp³-hybridized carbons (Fsp3) is 0.600. The molecule has 1 atom stereocenters. The number of sulfone groups is 1. The normalized spacial score (nSPS) is 13.2. The molecule has 0 radical (unpaired) electrons. The molecule has 0 fully saturated rings. The summed E-state index contributed by atoms with van der Waals surface area (Å²) in [5.74, 6) is 0.860. The van der Waals surface area contributed by atoms with Crippen molar-refractivity contribution in [1.82, 2.24) is 5.32 Å². The number of rotatable bonds is 9. The molecule has 1 N–H and O–H groups in total. The lowest BCUT2D eigenvalue weighted by atomic mass is 10.2. The molecule has 1 aromatic carbocycles. The molecule has 0 amide bonds. The molecule has 114 valence electrons. The van der Waals surface area contributed by atoms with Gasteiger partial charge in [0.15, 0.2) is 9.84 Å². The van der Waals surface area contributed by atoms with E-state index in [-0.39, 0.29) is 5.75 Å². The first kappa shape index (κ1) is 17.0. The average molecular weight is 299 g/mol. The van der Waals surface area contributed by atoms with Crippen molar-refractivity contribution in [2.24, 2.45) is 0 Å². The van der Waals surface area contributed by atoms with E-state index in [1.165, 1.54) is 0 Å². The number of ether oxygens (including phenoxy) is 1. The summed E-state index contributed by atoms with van der Waals surface area (Å²) >= 11 is 0. The molecule has 0 heterocycles. The third kappa shape index (κ3) is 5.51. The number of methoxy groups -OCH3 is 1. The van der Waals surface area contributed by atoms with Crippen LogP contribution in [0.15, 0.2) is 29.2 Å². The molecule has 0 saturated carbocycles. The van der Waals surface area contributed by atoms with Crippen LogP contribution in [0.25, 0.3) is 0 Å². The standard InChI is InChI=1S/C15H25NO3S/c1-4-11-16-13(2)6-5-12-20(17,18)15-9-7-14(19-3)8-10-15/h7-10,13,16H,4-6,11-12H2,1-3H3. The van der Waals surface area contributed by atoms with Crippen molar-refractivity contribution in [3.63, 3.8) is 0 Å². The van der Waals surface area contributed by atoms with Gasteiger partial charge in [0.1, 0.15) is 5.75 Å². The lowest BCUT2D eigenvalue weighted by Crippen LogP contribution is -2.27. The maximum Gasteiger partial charge on any atom is 0.178 e. The molecular formula is C15H25NO3S. The van der Waals surface area contributed by atoms with Crippen LogP contribution in [0.1, 0.15) is 33.1 Å². The first-order valence-electron chi connectivity index (χ1n) is 7.09. The second-order valence-corrected chi connectivity index (χ2v) is 7.10. The van der Waals surface area contributed by atoms with Gasteiger partial charge in [0, 0.05) is 6.04 Å². The van der Waals surface area contributed by atoms with Crippen LogP contribution in [0, 0.1) is 0 Å². The quantitative estimate of drug-likeness (QED) is 0.761. The molecule has 1 rings (SSSR count). The molecular weight excluding hydrogens is 274 g/mol. The van der Waals surface area contributed by atoms with Crippen molar-refractivity contribution in [2.75, 3.05) is 19.4 Å². The molecule has 0 aliphatic carbocycles. The Kier molecular flexibility index (Phi) is 7.02. The Hall–Kier alpha value is -1.07. The topological polar surface area (TPSA) is 55.4 Å². The monoisotopic (exact) mass is 299 g/mol. The average Bonchev–Trinajstić information content (AvgIpc) is 2.45. The van der Waals surface area contributed by atoms with Crippen molar-refractivity contribution in [3.8, 4) is 5.75 Å². The number of hydrogen-bond donors (Lipinski definition) is 1. The molecule has 5 heteroatoms. The summed E-state index contributed by atoms with van der Waals surface area (Å²) < 4.78 is 29.4. The number of hydrogen-bond acceptors (Lipinski definition) is 4. The molecule has 1 unspecified atom stereocenters. The van der Waals surface area contributed by atoms with Crippen molar-refractivity contribution < 1.29 is 13.2 Å². The molecule has 20 heavy (non-hydrogen) atoms. The van der Waals surface area contributed by atoms with E-state index in [1.807, 2.05) is 0 Å². The summed E-state index contributed by atoms with van der Waals surface area (Å²) in [6.45, 7) is 5.19. The smallest absolute Gasteiger partial charge is 0.178 e. The van der Waals surface area contributed by atoms with E-state index in [1.54, 1.807) is 31.4 Å². The summed E-state index contributed by atoms with van der Waals surface area (Å²) in [5.41, 5.74) is 0. The second-order valence-electron chi connectivity index (χ2n) is 4.99. The predicted molar refractivity (Wildman–Crippen MR) is 82.0 cm³/mol. The molecule has 0 aliphatic heterocycles. The van der Waals surface area contributed by atoms with Gasteiger partial charge in [-0.15, -0.1) is 0 Å². The molecule has 1 aromatic rings. The van der Waals surface area contributed by atoms with E-state index < -0.39 is 9.84 Å². The lowest BCUT2D eigenvalue weighted by molar-refractivity contribution is 0.414. The first-order valence-corrected chi connectivity index (χ1v) is 8.75. The van der Waals surface area contributed by atoms with Gasteiger partial charge in [-0.25, -0.2) is 8.42 Å². The van der Waals surface area contributed by atoms with Crippen molar-refractivity contribution in [1.29, 1.82) is 0 Å². The van der Waals surface area contributed by atoms with E-state index >= 15 is 0 Å². The van der Waals surface area contributed by atoms with Crippen LogP contribution in [0.2, 0.25) is 0 Å². The highest BCUT2D eigenvalue weighted by Crippen LogP contribution is 2.17. The molecule has 0 saturated heterocycles. The van der Waals surface area contributed by atoms with Crippen molar-refractivity contribution in [2.45, 2.75) is 44.0 Å². The zero-order valence-electron chi connectivity index (χ0n) is 12.6. The van der Waals surface area contributed by atoms with E-state index in [0.29, 0.717) is 23.1 Å². The molecule has 0 aliphatic rings. The van der Waals surface area contributed by atoms with E-state index in [0.717, 1.165) is 19.4 Å². The van der Waals surface area contributed by atoms with E-state index in [9.17, 15) is 8.42 Å². The summed E-state index contributed by atoms with van der Waals surface area (Å²) in [6.07, 6.45) is 2.64. The fourth-order valence-corrected chi connectivity index (χ4v) is 3.31. The number of benzene rings is 1. The van der Waals surface area contributed by atoms with Gasteiger partial charge in [-0.3, -0.25) is 0 Å². The van der Waals surface area contributed by atoms with E-state index in [2.05, 4.69) is 19.2 Å². The maximum absolute atomic E-state index is 12.2. The Bertz CT molecular complexity index is 482. The summed E-state index contributed by atoms with van der Waals surface area (Å²) in [5, 5.41) is 3.36. The van der Waals surface area contributed by atoms with Crippen LogP contribution in [0.3, 0.4) is 0 Å². The highest BCUT2D eigenvalue weighted by Gasteiger charge is 2.14. The summed E-state index contributed by atoms with van der Waals surface area (Å²) in [6, 6.07) is 6.93. The molecule has 4 nitrogen and oxygen atoms in total. The largest absolute Gasteiger partial charge is 0.497 e. The van der Waals surface area contributed by atoms with Gasteiger partial charge in [0.05, 0.1) is 17.8 Å². The van der Waals surface area contributed by atoms with Gasteiger partial charge < -0.3 is 10.1 Å². The fourth-order valence-electron chi connectivity index (χ4n) is 1.97. The Morgan fingerprint density at radius 2 is 1.90 bits per heavy atom. The molecule has 0 spiro atoms. The Balaban J connectivity index is 2.48. The van der Waals surface area contributed by atoms with Gasteiger partial charge in [-0.2, -0.15) is 0 Å². The molecule has 0 bridgehead atoms. The van der Waals surface area contributed by atoms with Crippen LogP contribution in [0.4, 0.5) is 0 Å². The van der Waals surface area contributed by atoms with Gasteiger partial charge in [0.25, 0.3) is 0 Å². The highest BCUT2D eigenvalue weighted by atomic mass is 32.2. The minimum Gasteiger partial charge on any atom is -0.497 e. The van der Waals surface area contributed by atoms with Crippen molar-refractivity contribution in [3.05, 3.63) is 24.3 Å². The summed E-state index contributed by atoms with van der Waals surface area (Å²) in [4.78, 5) is 0.368. The minimum atomic E-state index is -3.18. The van der Waals surface area contributed by atoms with Gasteiger partial charge in [-0.1, -0.05) is 6.92 Å². The Morgan fingerprint density at radius 1 is 1.25 bits per heavy atom. The first-order chi connectivity index (χ1) is 9.49. The van der Waals surface area contributed by atoms with Gasteiger partial charge in [0.2, 0.25) is 0 Å². The van der Waals surface area contributed by atoms with Gasteiger partial charge >= 0.3 is 0 Å². The van der Waals surface area contributed by atoms with Crippen LogP contribution < -0.4 is 10.1 Å². The van der Waals surface area contributed by atoms with Crippen molar-refractivity contribution >= 4 is 9.84 Å². The minimum absolute atomic E-state index is 0.192. The summed E-state index contributed by atoms with van der Waals surface area (Å²) in [7, 11) is -1.62. The lowest BCUT2D eigenvalue weighted by Gasteiger charge is -2.13. The Morgan fingerprint density at radius 3 is 2.45 bits per heavy atom. The van der Waals surface area contributed by atoms with E-state index in [4.69, 9.17) is 4.74 Å². The maximum atomic E-state index is 12.2. The highest BCUT2D eigenvalue weighted by molar-refractivity contribution is 7.91. The van der Waals surface area contributed by atoms with Crippen LogP contribution >= 0.6 is 0 Å².